The molecule has 0 aromatic rings. The number of rotatable bonds is 5. The first-order valence-corrected chi connectivity index (χ1v) is 6.09. The van der Waals surface area contributed by atoms with E-state index in [4.69, 9.17) is 10.8 Å². The molecular weight excluding hydrogens is 206 g/mol. The molecule has 5 heteroatoms. The van der Waals surface area contributed by atoms with Crippen molar-refractivity contribution in [1.29, 1.82) is 0 Å². The third kappa shape index (κ3) is 4.47. The van der Waals surface area contributed by atoms with Crippen LogP contribution in [-0.4, -0.2) is 66.7 Å². The molecule has 5 nitrogen and oxygen atoms in total. The molecule has 0 radical (unpaired) electrons. The zero-order valence-corrected chi connectivity index (χ0v) is 9.90. The molecule has 1 heterocycles. The summed E-state index contributed by atoms with van der Waals surface area (Å²) in [6.45, 7) is 4.95. The molecule has 94 valence electrons. The summed E-state index contributed by atoms with van der Waals surface area (Å²) in [5.41, 5.74) is 5.39. The van der Waals surface area contributed by atoms with E-state index in [1.807, 2.05) is 4.90 Å². The van der Waals surface area contributed by atoms with Gasteiger partial charge >= 0.3 is 0 Å². The van der Waals surface area contributed by atoms with E-state index >= 15 is 0 Å². The molecule has 0 bridgehead atoms. The van der Waals surface area contributed by atoms with Crippen molar-refractivity contribution < 1.29 is 9.90 Å². The van der Waals surface area contributed by atoms with Gasteiger partial charge in [0.2, 0.25) is 5.91 Å². The summed E-state index contributed by atoms with van der Waals surface area (Å²) in [5.74, 6) is 0.219. The van der Waals surface area contributed by atoms with Gasteiger partial charge in [0.25, 0.3) is 0 Å². The minimum atomic E-state index is 0.196. The van der Waals surface area contributed by atoms with Gasteiger partial charge in [0.05, 0.1) is 6.61 Å². The lowest BCUT2D eigenvalue weighted by Gasteiger charge is -2.21. The van der Waals surface area contributed by atoms with Crippen LogP contribution >= 0.6 is 0 Å². The van der Waals surface area contributed by atoms with Crippen LogP contribution in [0.25, 0.3) is 0 Å². The fourth-order valence-electron chi connectivity index (χ4n) is 2.00. The Kier molecular flexibility index (Phi) is 6.37. The van der Waals surface area contributed by atoms with E-state index in [2.05, 4.69) is 4.90 Å². The minimum absolute atomic E-state index is 0.196. The molecule has 3 N–H and O–H groups in total. The fourth-order valence-corrected chi connectivity index (χ4v) is 2.00. The van der Waals surface area contributed by atoms with Crippen molar-refractivity contribution >= 4 is 5.91 Å². The SMILES string of the molecule is NCCCC(=O)N1CCCN(CCO)CC1. The summed E-state index contributed by atoms with van der Waals surface area (Å²) in [5, 5.41) is 8.87. The molecule has 1 rings (SSSR count). The lowest BCUT2D eigenvalue weighted by Crippen LogP contribution is -2.36. The number of carbonyl (C=O) groups excluding carboxylic acids is 1. The number of nitrogens with zero attached hydrogens (tertiary/aromatic N) is 2. The average Bonchev–Trinajstić information content (AvgIpc) is 2.52. The summed E-state index contributed by atoms with van der Waals surface area (Å²) < 4.78 is 0. The van der Waals surface area contributed by atoms with E-state index in [0.29, 0.717) is 19.5 Å². The zero-order chi connectivity index (χ0) is 11.8. The normalized spacial score (nSPS) is 18.5. The van der Waals surface area contributed by atoms with Crippen LogP contribution in [0.15, 0.2) is 0 Å². The van der Waals surface area contributed by atoms with Crippen molar-refractivity contribution in [2.45, 2.75) is 19.3 Å². The second kappa shape index (κ2) is 7.60. The summed E-state index contributed by atoms with van der Waals surface area (Å²) in [6, 6.07) is 0. The molecule has 0 saturated carbocycles. The maximum absolute atomic E-state index is 11.8. The van der Waals surface area contributed by atoms with Crippen LogP contribution in [0.2, 0.25) is 0 Å². The Morgan fingerprint density at radius 2 is 2.06 bits per heavy atom. The summed E-state index contributed by atoms with van der Waals surface area (Å²) >= 11 is 0. The van der Waals surface area contributed by atoms with E-state index in [1.54, 1.807) is 0 Å². The number of β-amino-alcohol motifs (C(OH)–C–C–N with tert-alkyl or cyclic N) is 1. The van der Waals surface area contributed by atoms with Crippen molar-refractivity contribution in [1.82, 2.24) is 9.80 Å². The van der Waals surface area contributed by atoms with Crippen molar-refractivity contribution in [2.75, 3.05) is 45.9 Å². The van der Waals surface area contributed by atoms with Crippen molar-refractivity contribution in [3.8, 4) is 0 Å². The van der Waals surface area contributed by atoms with Gasteiger partial charge in [0.15, 0.2) is 0 Å². The Balaban J connectivity index is 2.31. The Bertz CT molecular complexity index is 211. The highest BCUT2D eigenvalue weighted by Crippen LogP contribution is 2.05. The fraction of sp³-hybridized carbons (Fsp3) is 0.909. The topological polar surface area (TPSA) is 69.8 Å². The van der Waals surface area contributed by atoms with E-state index in [9.17, 15) is 4.79 Å². The zero-order valence-electron chi connectivity index (χ0n) is 9.90. The molecular formula is C11H23N3O2. The van der Waals surface area contributed by atoms with Crippen LogP contribution in [0, 0.1) is 0 Å². The van der Waals surface area contributed by atoms with E-state index in [-0.39, 0.29) is 12.5 Å². The van der Waals surface area contributed by atoms with Crippen molar-refractivity contribution in [3.05, 3.63) is 0 Å². The van der Waals surface area contributed by atoms with Crippen LogP contribution in [-0.2, 0) is 4.79 Å². The third-order valence-electron chi connectivity index (χ3n) is 2.95. The molecule has 1 aliphatic rings. The monoisotopic (exact) mass is 229 g/mol. The Labute approximate surface area is 97.2 Å². The van der Waals surface area contributed by atoms with Gasteiger partial charge in [-0.2, -0.15) is 0 Å². The van der Waals surface area contributed by atoms with Gasteiger partial charge in [-0.25, -0.2) is 0 Å². The number of nitrogens with two attached hydrogens (primary N) is 1. The lowest BCUT2D eigenvalue weighted by atomic mass is 10.2. The predicted molar refractivity (Wildman–Crippen MR) is 63.0 cm³/mol. The molecule has 0 spiro atoms. The Hall–Kier alpha value is -0.650. The van der Waals surface area contributed by atoms with Gasteiger partial charge in [-0.05, 0) is 25.9 Å². The first-order valence-electron chi connectivity index (χ1n) is 6.09. The van der Waals surface area contributed by atoms with Gasteiger partial charge < -0.3 is 15.7 Å². The number of hydrogen-bond acceptors (Lipinski definition) is 4. The Morgan fingerprint density at radius 1 is 1.25 bits per heavy atom. The van der Waals surface area contributed by atoms with Gasteiger partial charge in [0.1, 0.15) is 0 Å². The largest absolute Gasteiger partial charge is 0.395 e. The number of hydrogen-bond donors (Lipinski definition) is 2. The van der Waals surface area contributed by atoms with Crippen LogP contribution in [0.4, 0.5) is 0 Å². The van der Waals surface area contributed by atoms with E-state index in [0.717, 1.165) is 39.0 Å². The maximum atomic E-state index is 11.8. The standard InChI is InChI=1S/C11H23N3O2/c12-4-1-3-11(16)14-6-2-5-13(7-8-14)9-10-15/h15H,1-10,12H2. The number of carbonyl (C=O) groups is 1. The van der Waals surface area contributed by atoms with Crippen molar-refractivity contribution in [2.24, 2.45) is 5.73 Å². The highest BCUT2D eigenvalue weighted by molar-refractivity contribution is 5.76. The van der Waals surface area contributed by atoms with E-state index in [1.165, 1.54) is 0 Å². The molecule has 1 aliphatic heterocycles. The molecule has 0 unspecified atom stereocenters. The smallest absolute Gasteiger partial charge is 0.222 e. The first kappa shape index (κ1) is 13.4. The number of aliphatic hydroxyl groups excluding tert-OH is 1. The second-order valence-corrected chi connectivity index (χ2v) is 4.19. The molecule has 1 fully saturated rings. The molecule has 0 aliphatic carbocycles. The quantitative estimate of drug-likeness (QED) is 0.651. The van der Waals surface area contributed by atoms with Crippen LogP contribution in [0.5, 0.6) is 0 Å². The van der Waals surface area contributed by atoms with E-state index < -0.39 is 0 Å². The Morgan fingerprint density at radius 3 is 2.75 bits per heavy atom. The van der Waals surface area contributed by atoms with Crippen LogP contribution in [0.1, 0.15) is 19.3 Å². The summed E-state index contributed by atoms with van der Waals surface area (Å²) in [4.78, 5) is 15.9. The maximum Gasteiger partial charge on any atom is 0.222 e. The molecule has 0 aromatic carbocycles. The third-order valence-corrected chi connectivity index (χ3v) is 2.95. The van der Waals surface area contributed by atoms with Gasteiger partial charge in [-0.15, -0.1) is 0 Å². The van der Waals surface area contributed by atoms with Crippen LogP contribution < -0.4 is 5.73 Å². The van der Waals surface area contributed by atoms with Crippen LogP contribution in [0.3, 0.4) is 0 Å². The lowest BCUT2D eigenvalue weighted by molar-refractivity contribution is -0.131. The van der Waals surface area contributed by atoms with Gasteiger partial charge in [0, 0.05) is 32.6 Å². The highest BCUT2D eigenvalue weighted by Gasteiger charge is 2.17. The summed E-state index contributed by atoms with van der Waals surface area (Å²) in [6.07, 6.45) is 2.33. The molecule has 16 heavy (non-hydrogen) atoms. The molecule has 0 atom stereocenters. The number of amides is 1. The molecule has 1 saturated heterocycles. The average molecular weight is 229 g/mol. The predicted octanol–water partition coefficient (Wildman–Crippen LogP) is -0.748. The molecule has 1 amide bonds. The highest BCUT2D eigenvalue weighted by atomic mass is 16.3. The minimum Gasteiger partial charge on any atom is -0.395 e. The number of aliphatic hydroxyl groups is 1. The first-order chi connectivity index (χ1) is 7.77. The van der Waals surface area contributed by atoms with Gasteiger partial charge in [-0.1, -0.05) is 0 Å². The molecule has 0 aromatic heterocycles. The summed E-state index contributed by atoms with van der Waals surface area (Å²) in [7, 11) is 0. The second-order valence-electron chi connectivity index (χ2n) is 4.19. The van der Waals surface area contributed by atoms with Gasteiger partial charge in [-0.3, -0.25) is 9.69 Å². The van der Waals surface area contributed by atoms with Crippen molar-refractivity contribution in [3.63, 3.8) is 0 Å².